The van der Waals surface area contributed by atoms with E-state index in [2.05, 4.69) is 15.9 Å². The Morgan fingerprint density at radius 1 is 1.24 bits per heavy atom. The van der Waals surface area contributed by atoms with Crippen LogP contribution < -0.4 is 9.47 Å². The average molecular weight is 301 g/mol. The summed E-state index contributed by atoms with van der Waals surface area (Å²) in [5.41, 5.74) is 0.636. The van der Waals surface area contributed by atoms with E-state index in [0.717, 1.165) is 15.8 Å². The lowest BCUT2D eigenvalue weighted by Gasteiger charge is -2.28. The Morgan fingerprint density at radius 2 is 1.88 bits per heavy atom. The van der Waals surface area contributed by atoms with E-state index in [4.69, 9.17) is 9.47 Å². The number of rotatable bonds is 1. The fourth-order valence-electron chi connectivity index (χ4n) is 1.79. The molecule has 1 atom stereocenters. The third kappa shape index (κ3) is 2.58. The van der Waals surface area contributed by atoms with Gasteiger partial charge in [0.05, 0.1) is 10.6 Å². The SMILES string of the molecule is CC(C)(C)C(O)c1cc(Br)c2c(c1)OCCO2. The molecule has 1 N–H and O–H groups in total. The summed E-state index contributed by atoms with van der Waals surface area (Å²) >= 11 is 3.45. The number of halogens is 1. The van der Waals surface area contributed by atoms with Crippen LogP contribution >= 0.6 is 15.9 Å². The molecule has 3 nitrogen and oxygen atoms in total. The van der Waals surface area contributed by atoms with Gasteiger partial charge in [-0.25, -0.2) is 0 Å². The van der Waals surface area contributed by atoms with Crippen molar-refractivity contribution >= 4 is 15.9 Å². The molecule has 2 rings (SSSR count). The zero-order valence-electron chi connectivity index (χ0n) is 10.3. The van der Waals surface area contributed by atoms with Crippen LogP contribution in [-0.2, 0) is 0 Å². The van der Waals surface area contributed by atoms with Crippen LogP contribution in [0, 0.1) is 5.41 Å². The molecule has 1 unspecified atom stereocenters. The summed E-state index contributed by atoms with van der Waals surface area (Å²) in [7, 11) is 0. The summed E-state index contributed by atoms with van der Waals surface area (Å²) in [5.74, 6) is 1.42. The molecule has 0 saturated heterocycles. The lowest BCUT2D eigenvalue weighted by atomic mass is 9.85. The van der Waals surface area contributed by atoms with Crippen LogP contribution in [-0.4, -0.2) is 18.3 Å². The number of aliphatic hydroxyl groups excluding tert-OH is 1. The van der Waals surface area contributed by atoms with E-state index in [9.17, 15) is 5.11 Å². The molecule has 0 radical (unpaired) electrons. The zero-order valence-corrected chi connectivity index (χ0v) is 11.9. The lowest BCUT2D eigenvalue weighted by molar-refractivity contribution is 0.0619. The summed E-state index contributed by atoms with van der Waals surface area (Å²) in [5, 5.41) is 10.3. The highest BCUT2D eigenvalue weighted by atomic mass is 79.9. The van der Waals surface area contributed by atoms with Gasteiger partial charge in [0.25, 0.3) is 0 Å². The Labute approximate surface area is 110 Å². The molecule has 0 aliphatic carbocycles. The zero-order chi connectivity index (χ0) is 12.6. The Bertz CT molecular complexity index is 423. The monoisotopic (exact) mass is 300 g/mol. The standard InChI is InChI=1S/C13H17BrO3/c1-13(2,3)12(15)8-6-9(14)11-10(7-8)16-4-5-17-11/h6-7,12,15H,4-5H2,1-3H3. The molecule has 1 aliphatic heterocycles. The van der Waals surface area contributed by atoms with E-state index in [-0.39, 0.29) is 5.41 Å². The number of benzene rings is 1. The summed E-state index contributed by atoms with van der Waals surface area (Å²) < 4.78 is 11.9. The molecule has 1 heterocycles. The van der Waals surface area contributed by atoms with Crippen molar-refractivity contribution in [3.8, 4) is 11.5 Å². The highest BCUT2D eigenvalue weighted by Crippen LogP contribution is 2.42. The maximum atomic E-state index is 10.3. The van der Waals surface area contributed by atoms with Gasteiger partial charge in [-0.1, -0.05) is 20.8 Å². The van der Waals surface area contributed by atoms with Crippen molar-refractivity contribution in [1.29, 1.82) is 0 Å². The van der Waals surface area contributed by atoms with Crippen molar-refractivity contribution in [2.45, 2.75) is 26.9 Å². The number of hydrogen-bond acceptors (Lipinski definition) is 3. The van der Waals surface area contributed by atoms with Crippen molar-refractivity contribution in [3.05, 3.63) is 22.2 Å². The fourth-order valence-corrected chi connectivity index (χ4v) is 2.36. The van der Waals surface area contributed by atoms with Crippen molar-refractivity contribution in [1.82, 2.24) is 0 Å². The molecule has 17 heavy (non-hydrogen) atoms. The van der Waals surface area contributed by atoms with Crippen molar-refractivity contribution < 1.29 is 14.6 Å². The maximum absolute atomic E-state index is 10.3. The third-order valence-corrected chi connectivity index (χ3v) is 3.34. The highest BCUT2D eigenvalue weighted by Gasteiger charge is 2.26. The minimum absolute atomic E-state index is 0.205. The number of fused-ring (bicyclic) bond motifs is 1. The molecule has 0 aromatic heterocycles. The molecular weight excluding hydrogens is 284 g/mol. The van der Waals surface area contributed by atoms with Crippen LogP contribution in [0.4, 0.5) is 0 Å². The minimum Gasteiger partial charge on any atom is -0.486 e. The minimum atomic E-state index is -0.533. The second-order valence-electron chi connectivity index (χ2n) is 5.30. The molecular formula is C13H17BrO3. The van der Waals surface area contributed by atoms with Crippen molar-refractivity contribution in [2.75, 3.05) is 13.2 Å². The van der Waals surface area contributed by atoms with E-state index in [0.29, 0.717) is 19.0 Å². The van der Waals surface area contributed by atoms with Gasteiger partial charge in [-0.2, -0.15) is 0 Å². The van der Waals surface area contributed by atoms with E-state index in [1.807, 2.05) is 32.9 Å². The Kier molecular flexibility index (Phi) is 3.36. The third-order valence-electron chi connectivity index (χ3n) is 2.76. The Morgan fingerprint density at radius 3 is 2.53 bits per heavy atom. The van der Waals surface area contributed by atoms with Crippen LogP contribution in [0.1, 0.15) is 32.4 Å². The van der Waals surface area contributed by atoms with Crippen LogP contribution in [0.15, 0.2) is 16.6 Å². The van der Waals surface area contributed by atoms with Gasteiger partial charge in [-0.05, 0) is 39.0 Å². The molecule has 0 saturated carbocycles. The van der Waals surface area contributed by atoms with Gasteiger partial charge in [0.15, 0.2) is 11.5 Å². The molecule has 1 aromatic rings. The molecule has 0 bridgehead atoms. The van der Waals surface area contributed by atoms with E-state index >= 15 is 0 Å². The summed E-state index contributed by atoms with van der Waals surface area (Å²) in [6, 6.07) is 3.75. The molecule has 1 aromatic carbocycles. The first-order valence-corrected chi connectivity index (χ1v) is 6.46. The van der Waals surface area contributed by atoms with E-state index < -0.39 is 6.10 Å². The van der Waals surface area contributed by atoms with Crippen molar-refractivity contribution in [3.63, 3.8) is 0 Å². The van der Waals surface area contributed by atoms with Gasteiger partial charge in [0.2, 0.25) is 0 Å². The first-order valence-electron chi connectivity index (χ1n) is 5.66. The Balaban J connectivity index is 2.41. The molecule has 0 amide bonds. The van der Waals surface area contributed by atoms with E-state index in [1.165, 1.54) is 0 Å². The van der Waals surface area contributed by atoms with Gasteiger partial charge >= 0.3 is 0 Å². The Hall–Kier alpha value is -0.740. The van der Waals surface area contributed by atoms with Gasteiger partial charge in [-0.15, -0.1) is 0 Å². The van der Waals surface area contributed by atoms with Gasteiger partial charge in [0.1, 0.15) is 13.2 Å². The second-order valence-corrected chi connectivity index (χ2v) is 6.15. The first-order chi connectivity index (χ1) is 7.89. The smallest absolute Gasteiger partial charge is 0.175 e. The van der Waals surface area contributed by atoms with Crippen molar-refractivity contribution in [2.24, 2.45) is 5.41 Å². The second kappa shape index (κ2) is 4.50. The molecule has 0 spiro atoms. The fraction of sp³-hybridized carbons (Fsp3) is 0.538. The van der Waals surface area contributed by atoms with Crippen LogP contribution in [0.3, 0.4) is 0 Å². The summed E-state index contributed by atoms with van der Waals surface area (Å²) in [6.45, 7) is 7.12. The quantitative estimate of drug-likeness (QED) is 0.865. The molecule has 94 valence electrons. The molecule has 4 heteroatoms. The van der Waals surface area contributed by atoms with Gasteiger partial charge in [0, 0.05) is 0 Å². The van der Waals surface area contributed by atoms with E-state index in [1.54, 1.807) is 0 Å². The largest absolute Gasteiger partial charge is 0.486 e. The predicted molar refractivity (Wildman–Crippen MR) is 69.5 cm³/mol. The first kappa shape index (κ1) is 12.7. The molecule has 0 fully saturated rings. The average Bonchev–Trinajstić information content (AvgIpc) is 2.27. The number of aliphatic hydroxyl groups is 1. The predicted octanol–water partition coefficient (Wildman–Crippen LogP) is 3.30. The van der Waals surface area contributed by atoms with Crippen LogP contribution in [0.2, 0.25) is 0 Å². The van der Waals surface area contributed by atoms with Crippen LogP contribution in [0.5, 0.6) is 11.5 Å². The normalized spacial score (nSPS) is 16.8. The summed E-state index contributed by atoms with van der Waals surface area (Å²) in [4.78, 5) is 0. The topological polar surface area (TPSA) is 38.7 Å². The maximum Gasteiger partial charge on any atom is 0.175 e. The highest BCUT2D eigenvalue weighted by molar-refractivity contribution is 9.10. The van der Waals surface area contributed by atoms with Crippen LogP contribution in [0.25, 0.3) is 0 Å². The number of hydrogen-bond donors (Lipinski definition) is 1. The molecule has 1 aliphatic rings. The van der Waals surface area contributed by atoms with Gasteiger partial charge < -0.3 is 14.6 Å². The van der Waals surface area contributed by atoms with Gasteiger partial charge in [-0.3, -0.25) is 0 Å². The summed E-state index contributed by atoms with van der Waals surface area (Å²) in [6.07, 6.45) is -0.533. The lowest BCUT2D eigenvalue weighted by Crippen LogP contribution is -2.20. The number of ether oxygens (including phenoxy) is 2.